The molecular weight excluding hydrogens is 583 g/mol. The average molecular weight is 628 g/mol. The number of aryl methyl sites for hydroxylation is 1. The van der Waals surface area contributed by atoms with Crippen molar-refractivity contribution in [3.63, 3.8) is 0 Å². The first-order chi connectivity index (χ1) is 21.5. The van der Waals surface area contributed by atoms with E-state index in [9.17, 15) is 4.79 Å². The minimum Gasteiger partial charge on any atom is -0.472 e. The van der Waals surface area contributed by atoms with Crippen LogP contribution in [0, 0.1) is 5.92 Å². The molecule has 1 aromatic carbocycles. The van der Waals surface area contributed by atoms with Crippen LogP contribution in [-0.4, -0.2) is 52.0 Å². The third-order valence-corrected chi connectivity index (χ3v) is 13.1. The van der Waals surface area contributed by atoms with Crippen LogP contribution in [0.5, 0.6) is 5.88 Å². The maximum atomic E-state index is 13.1. The average Bonchev–Trinajstić information content (AvgIpc) is 3.80. The Hall–Kier alpha value is -4.09. The minimum atomic E-state index is -1.75. The van der Waals surface area contributed by atoms with Gasteiger partial charge in [0.1, 0.15) is 23.8 Å². The number of ketones is 1. The Morgan fingerprint density at radius 1 is 1.04 bits per heavy atom. The molecule has 1 aliphatic rings. The van der Waals surface area contributed by atoms with Crippen LogP contribution in [0.1, 0.15) is 62.4 Å². The SMILES string of the molecule is Cn1ncc(-c2nccc(Nc3cc(NCCCCO[Si](C)(C)C(C)(C)C)c(C(=O)C4CC4)cn3)n2)c1OCc1ccccc1. The molecule has 0 radical (unpaired) electrons. The molecule has 45 heavy (non-hydrogen) atoms. The summed E-state index contributed by atoms with van der Waals surface area (Å²) in [6.07, 6.45) is 8.84. The zero-order chi connectivity index (χ0) is 32.0. The van der Waals surface area contributed by atoms with Crippen molar-refractivity contribution in [3.8, 4) is 17.3 Å². The van der Waals surface area contributed by atoms with Crippen molar-refractivity contribution in [2.75, 3.05) is 23.8 Å². The van der Waals surface area contributed by atoms with Crippen molar-refractivity contribution >= 4 is 31.4 Å². The molecule has 3 aromatic heterocycles. The Morgan fingerprint density at radius 3 is 2.56 bits per heavy atom. The quantitative estimate of drug-likeness (QED) is 0.0790. The number of Topliss-reactive ketones (excluding diaryl/α,β-unsaturated/α-hetero) is 1. The fourth-order valence-corrected chi connectivity index (χ4v) is 5.68. The molecule has 0 amide bonds. The number of carbonyl (C=O) groups excluding carboxylic acids is 1. The van der Waals surface area contributed by atoms with Gasteiger partial charge < -0.3 is 19.8 Å². The standard InChI is InChI=1S/C34H45N7O3Si/c1-34(2,3)45(5,6)44-19-11-10-17-35-28-20-30(37-21-26(28)31(42)25-14-15-25)39-29-16-18-36-32(40-29)27-22-38-41(4)33(27)43-23-24-12-8-7-9-13-24/h7-9,12-13,16,18,20-22,25H,10-11,14-15,17,19,23H2,1-6H3,(H2,35,36,37,39,40). The predicted molar refractivity (Wildman–Crippen MR) is 180 cm³/mol. The number of carbonyl (C=O) groups is 1. The summed E-state index contributed by atoms with van der Waals surface area (Å²) >= 11 is 0. The van der Waals surface area contributed by atoms with Crippen LogP contribution in [0.3, 0.4) is 0 Å². The first kappa shape index (κ1) is 32.3. The summed E-state index contributed by atoms with van der Waals surface area (Å²) in [5.74, 6) is 2.48. The van der Waals surface area contributed by atoms with E-state index in [2.05, 4.69) is 59.6 Å². The van der Waals surface area contributed by atoms with Crippen LogP contribution < -0.4 is 15.4 Å². The molecule has 0 aliphatic heterocycles. The van der Waals surface area contributed by atoms with Gasteiger partial charge >= 0.3 is 0 Å². The molecule has 238 valence electrons. The van der Waals surface area contributed by atoms with Crippen molar-refractivity contribution in [3.05, 3.63) is 72.2 Å². The maximum Gasteiger partial charge on any atom is 0.223 e. The Bertz CT molecular complexity index is 1600. The number of unbranched alkanes of at least 4 members (excludes halogenated alkanes) is 1. The summed E-state index contributed by atoms with van der Waals surface area (Å²) in [7, 11) is 0.0764. The summed E-state index contributed by atoms with van der Waals surface area (Å²) < 4.78 is 14.1. The lowest BCUT2D eigenvalue weighted by Crippen LogP contribution is -2.41. The Balaban J connectivity index is 1.25. The maximum absolute atomic E-state index is 13.1. The smallest absolute Gasteiger partial charge is 0.223 e. The van der Waals surface area contributed by atoms with E-state index in [1.807, 2.05) is 43.4 Å². The highest BCUT2D eigenvalue weighted by Gasteiger charge is 2.37. The first-order valence-electron chi connectivity index (χ1n) is 15.7. The van der Waals surface area contributed by atoms with Gasteiger partial charge in [0, 0.05) is 44.6 Å². The van der Waals surface area contributed by atoms with Crippen LogP contribution in [0.4, 0.5) is 17.3 Å². The number of hydrogen-bond donors (Lipinski definition) is 2. The fourth-order valence-electron chi connectivity index (χ4n) is 4.59. The van der Waals surface area contributed by atoms with E-state index < -0.39 is 8.32 Å². The first-order valence-corrected chi connectivity index (χ1v) is 18.6. The van der Waals surface area contributed by atoms with Crippen LogP contribution in [-0.2, 0) is 18.1 Å². The van der Waals surface area contributed by atoms with Crippen LogP contribution in [0.15, 0.2) is 61.1 Å². The summed E-state index contributed by atoms with van der Waals surface area (Å²) in [6.45, 7) is 13.2. The molecule has 4 aromatic rings. The molecule has 0 bridgehead atoms. The number of aromatic nitrogens is 5. The van der Waals surface area contributed by atoms with Crippen LogP contribution >= 0.6 is 0 Å². The van der Waals surface area contributed by atoms with Crippen LogP contribution in [0.2, 0.25) is 18.1 Å². The van der Waals surface area contributed by atoms with Gasteiger partial charge in [-0.2, -0.15) is 5.10 Å². The number of benzene rings is 1. The van der Waals surface area contributed by atoms with E-state index in [0.29, 0.717) is 41.1 Å². The third kappa shape index (κ3) is 8.34. The second-order valence-electron chi connectivity index (χ2n) is 13.1. The normalized spacial score (nSPS) is 13.5. The summed E-state index contributed by atoms with van der Waals surface area (Å²) in [5, 5.41) is 11.4. The second kappa shape index (κ2) is 13.9. The molecule has 5 rings (SSSR count). The number of ether oxygens (including phenoxy) is 1. The number of rotatable bonds is 15. The van der Waals surface area contributed by atoms with E-state index in [4.69, 9.17) is 14.1 Å². The van der Waals surface area contributed by atoms with Gasteiger partial charge in [-0.25, -0.2) is 19.6 Å². The largest absolute Gasteiger partial charge is 0.472 e. The molecule has 0 atom stereocenters. The number of anilines is 3. The van der Waals surface area contributed by atoms with Gasteiger partial charge in [-0.3, -0.25) is 4.79 Å². The van der Waals surface area contributed by atoms with Crippen molar-refractivity contribution in [2.24, 2.45) is 13.0 Å². The van der Waals surface area contributed by atoms with Gasteiger partial charge in [-0.15, -0.1) is 0 Å². The van der Waals surface area contributed by atoms with Gasteiger partial charge in [0.25, 0.3) is 0 Å². The lowest BCUT2D eigenvalue weighted by atomic mass is 10.1. The lowest BCUT2D eigenvalue weighted by Gasteiger charge is -2.36. The molecule has 0 spiro atoms. The van der Waals surface area contributed by atoms with Gasteiger partial charge in [-0.1, -0.05) is 51.1 Å². The van der Waals surface area contributed by atoms with E-state index in [1.165, 1.54) is 0 Å². The van der Waals surface area contributed by atoms with E-state index >= 15 is 0 Å². The molecule has 0 unspecified atom stereocenters. The second-order valence-corrected chi connectivity index (χ2v) is 18.0. The molecule has 1 saturated carbocycles. The van der Waals surface area contributed by atoms with E-state index in [0.717, 1.165) is 50.1 Å². The molecule has 3 heterocycles. The van der Waals surface area contributed by atoms with Gasteiger partial charge in [0.2, 0.25) is 5.88 Å². The molecule has 10 nitrogen and oxygen atoms in total. The highest BCUT2D eigenvalue weighted by atomic mass is 28.4. The zero-order valence-corrected chi connectivity index (χ0v) is 28.3. The summed E-state index contributed by atoms with van der Waals surface area (Å²) in [5.41, 5.74) is 3.17. The third-order valence-electron chi connectivity index (χ3n) is 8.53. The molecule has 2 N–H and O–H groups in total. The number of nitrogens with zero attached hydrogens (tertiary/aromatic N) is 5. The van der Waals surface area contributed by atoms with Gasteiger partial charge in [0.05, 0.1) is 17.4 Å². The number of pyridine rings is 1. The minimum absolute atomic E-state index is 0.103. The monoisotopic (exact) mass is 627 g/mol. The van der Waals surface area contributed by atoms with Crippen molar-refractivity contribution in [1.29, 1.82) is 0 Å². The Labute approximate surface area is 267 Å². The van der Waals surface area contributed by atoms with Gasteiger partial charge in [-0.05, 0) is 55.4 Å². The Morgan fingerprint density at radius 2 is 1.82 bits per heavy atom. The molecule has 0 saturated heterocycles. The van der Waals surface area contributed by atoms with E-state index in [1.54, 1.807) is 29.3 Å². The highest BCUT2D eigenvalue weighted by Crippen LogP contribution is 2.37. The van der Waals surface area contributed by atoms with E-state index in [-0.39, 0.29) is 16.7 Å². The van der Waals surface area contributed by atoms with Crippen molar-refractivity contribution in [1.82, 2.24) is 24.7 Å². The number of hydrogen-bond acceptors (Lipinski definition) is 9. The molecule has 1 fully saturated rings. The van der Waals surface area contributed by atoms with Crippen LogP contribution in [0.25, 0.3) is 11.4 Å². The molecule has 1 aliphatic carbocycles. The lowest BCUT2D eigenvalue weighted by molar-refractivity contribution is 0.0968. The summed E-state index contributed by atoms with van der Waals surface area (Å²) in [4.78, 5) is 26.8. The fraction of sp³-hybridized carbons (Fsp3) is 0.441. The number of nitrogens with one attached hydrogen (secondary N) is 2. The summed E-state index contributed by atoms with van der Waals surface area (Å²) in [6, 6.07) is 13.6. The van der Waals surface area contributed by atoms with Crippen molar-refractivity contribution < 1.29 is 14.0 Å². The highest BCUT2D eigenvalue weighted by molar-refractivity contribution is 6.74. The predicted octanol–water partition coefficient (Wildman–Crippen LogP) is 7.40. The zero-order valence-electron chi connectivity index (χ0n) is 27.3. The molecule has 11 heteroatoms. The van der Waals surface area contributed by atoms with Gasteiger partial charge in [0.15, 0.2) is 19.9 Å². The molecular formula is C34H45N7O3Si. The topological polar surface area (TPSA) is 116 Å². The van der Waals surface area contributed by atoms with Crippen molar-refractivity contribution in [2.45, 2.75) is 71.2 Å². The Kier molecular flexibility index (Phi) is 9.98.